The van der Waals surface area contributed by atoms with Gasteiger partial charge in [-0.05, 0) is 61.6 Å². The van der Waals surface area contributed by atoms with Gasteiger partial charge in [-0.1, -0.05) is 12.1 Å². The number of rotatable bonds is 4. The summed E-state index contributed by atoms with van der Waals surface area (Å²) in [7, 11) is 0. The second-order valence-corrected chi connectivity index (χ2v) is 8.32. The standard InChI is InChI=1S/C23H27F3N2O/c24-19-3-1-18(2-4-19)23(29)9-7-21(8-10-23)28-13-11-27(12-14-28)16-17-15-20(25)5-6-22(17)26/h1-6,15,21,29H,7-14,16H2. The Bertz CT molecular complexity index is 827. The first-order valence-electron chi connectivity index (χ1n) is 10.3. The van der Waals surface area contributed by atoms with Crippen molar-refractivity contribution in [2.45, 2.75) is 43.9 Å². The summed E-state index contributed by atoms with van der Waals surface area (Å²) in [6, 6.07) is 10.2. The van der Waals surface area contributed by atoms with Crippen molar-refractivity contribution in [3.63, 3.8) is 0 Å². The number of benzene rings is 2. The minimum absolute atomic E-state index is 0.290. The minimum atomic E-state index is -0.874. The summed E-state index contributed by atoms with van der Waals surface area (Å²) in [5.41, 5.74) is 0.320. The summed E-state index contributed by atoms with van der Waals surface area (Å²) >= 11 is 0. The van der Waals surface area contributed by atoms with Crippen molar-refractivity contribution in [2.24, 2.45) is 0 Å². The lowest BCUT2D eigenvalue weighted by Crippen LogP contribution is -2.51. The highest BCUT2D eigenvalue weighted by atomic mass is 19.1. The number of hydrogen-bond acceptors (Lipinski definition) is 3. The molecule has 2 aromatic carbocycles. The summed E-state index contributed by atoms with van der Waals surface area (Å²) in [6.07, 6.45) is 3.12. The molecule has 6 heteroatoms. The highest BCUT2D eigenvalue weighted by Gasteiger charge is 2.37. The molecule has 0 amide bonds. The first-order valence-corrected chi connectivity index (χ1v) is 10.3. The first-order chi connectivity index (χ1) is 13.9. The van der Waals surface area contributed by atoms with Gasteiger partial charge in [0.15, 0.2) is 0 Å². The average molecular weight is 404 g/mol. The van der Waals surface area contributed by atoms with E-state index in [0.29, 0.717) is 31.0 Å². The van der Waals surface area contributed by atoms with Crippen molar-refractivity contribution < 1.29 is 18.3 Å². The van der Waals surface area contributed by atoms with Crippen LogP contribution in [0.2, 0.25) is 0 Å². The number of piperazine rings is 1. The Morgan fingerprint density at radius 1 is 0.862 bits per heavy atom. The smallest absolute Gasteiger partial charge is 0.127 e. The van der Waals surface area contributed by atoms with Crippen LogP contribution in [0.4, 0.5) is 13.2 Å². The molecule has 1 saturated heterocycles. The Hall–Kier alpha value is -1.89. The van der Waals surface area contributed by atoms with Crippen LogP contribution in [0.25, 0.3) is 0 Å². The highest BCUT2D eigenvalue weighted by molar-refractivity contribution is 5.24. The fourth-order valence-electron chi connectivity index (χ4n) is 4.69. The van der Waals surface area contributed by atoms with Gasteiger partial charge in [0.05, 0.1) is 5.60 Å². The van der Waals surface area contributed by atoms with Crippen molar-refractivity contribution >= 4 is 0 Å². The molecule has 0 unspecified atom stereocenters. The molecule has 1 heterocycles. The minimum Gasteiger partial charge on any atom is -0.385 e. The van der Waals surface area contributed by atoms with Crippen molar-refractivity contribution in [3.05, 3.63) is 71.0 Å². The van der Waals surface area contributed by atoms with Gasteiger partial charge in [0.2, 0.25) is 0 Å². The van der Waals surface area contributed by atoms with Gasteiger partial charge in [-0.25, -0.2) is 13.2 Å². The fraction of sp³-hybridized carbons (Fsp3) is 0.478. The Labute approximate surface area is 169 Å². The van der Waals surface area contributed by atoms with Crippen molar-refractivity contribution in [1.82, 2.24) is 9.80 Å². The Morgan fingerprint density at radius 2 is 1.48 bits per heavy atom. The van der Waals surface area contributed by atoms with Crippen LogP contribution in [0, 0.1) is 17.5 Å². The van der Waals surface area contributed by atoms with Crippen LogP contribution in [-0.4, -0.2) is 47.1 Å². The maximum absolute atomic E-state index is 13.9. The monoisotopic (exact) mass is 404 g/mol. The van der Waals surface area contributed by atoms with Crippen LogP contribution >= 0.6 is 0 Å². The molecule has 1 aliphatic carbocycles. The fourth-order valence-corrected chi connectivity index (χ4v) is 4.69. The second kappa shape index (κ2) is 8.46. The van der Waals surface area contributed by atoms with E-state index in [1.807, 2.05) is 0 Å². The summed E-state index contributed by atoms with van der Waals surface area (Å²) in [6.45, 7) is 3.82. The van der Waals surface area contributed by atoms with E-state index in [1.54, 1.807) is 12.1 Å². The van der Waals surface area contributed by atoms with Gasteiger partial charge in [0.1, 0.15) is 17.5 Å². The molecule has 4 rings (SSSR count). The number of aliphatic hydroxyl groups is 1. The molecule has 2 aliphatic rings. The molecule has 0 radical (unpaired) electrons. The third-order valence-corrected chi connectivity index (χ3v) is 6.49. The number of halogens is 3. The molecule has 2 aromatic rings. The van der Waals surface area contributed by atoms with E-state index in [0.717, 1.165) is 50.7 Å². The molecule has 1 saturated carbocycles. The van der Waals surface area contributed by atoms with Gasteiger partial charge < -0.3 is 5.11 Å². The zero-order chi connectivity index (χ0) is 20.4. The maximum atomic E-state index is 13.9. The summed E-state index contributed by atoms with van der Waals surface area (Å²) < 4.78 is 40.4. The van der Waals surface area contributed by atoms with Gasteiger partial charge in [-0.3, -0.25) is 9.80 Å². The van der Waals surface area contributed by atoms with Crippen LogP contribution in [-0.2, 0) is 12.1 Å². The average Bonchev–Trinajstić information content (AvgIpc) is 2.72. The lowest BCUT2D eigenvalue weighted by Gasteiger charge is -2.44. The van der Waals surface area contributed by atoms with Crippen LogP contribution < -0.4 is 0 Å². The largest absolute Gasteiger partial charge is 0.385 e. The van der Waals surface area contributed by atoms with E-state index >= 15 is 0 Å². The Balaban J connectivity index is 1.29. The van der Waals surface area contributed by atoms with Gasteiger partial charge in [-0.15, -0.1) is 0 Å². The Kier molecular flexibility index (Phi) is 5.95. The molecule has 0 spiro atoms. The molecule has 0 bridgehead atoms. The third kappa shape index (κ3) is 4.65. The molecular weight excluding hydrogens is 377 g/mol. The topological polar surface area (TPSA) is 26.7 Å². The molecule has 156 valence electrons. The summed E-state index contributed by atoms with van der Waals surface area (Å²) in [5.74, 6) is -1.06. The van der Waals surface area contributed by atoms with Crippen molar-refractivity contribution in [1.29, 1.82) is 0 Å². The molecule has 0 atom stereocenters. The zero-order valence-corrected chi connectivity index (χ0v) is 16.5. The predicted molar refractivity (Wildman–Crippen MR) is 106 cm³/mol. The van der Waals surface area contributed by atoms with Gasteiger partial charge >= 0.3 is 0 Å². The third-order valence-electron chi connectivity index (χ3n) is 6.49. The SMILES string of the molecule is OC1(c2ccc(F)cc2)CCC(N2CCN(Cc3cc(F)ccc3F)CC2)CC1. The molecule has 1 N–H and O–H groups in total. The highest BCUT2D eigenvalue weighted by Crippen LogP contribution is 2.38. The van der Waals surface area contributed by atoms with E-state index in [9.17, 15) is 18.3 Å². The molecule has 0 aromatic heterocycles. The lowest BCUT2D eigenvalue weighted by atomic mass is 9.77. The van der Waals surface area contributed by atoms with Gasteiger partial charge in [0, 0.05) is 44.3 Å². The quantitative estimate of drug-likeness (QED) is 0.833. The number of nitrogens with zero attached hydrogens (tertiary/aromatic N) is 2. The molecule has 2 fully saturated rings. The summed E-state index contributed by atoms with van der Waals surface area (Å²) in [5, 5.41) is 11.0. The van der Waals surface area contributed by atoms with E-state index in [1.165, 1.54) is 24.3 Å². The zero-order valence-electron chi connectivity index (χ0n) is 16.5. The van der Waals surface area contributed by atoms with Gasteiger partial charge in [0.25, 0.3) is 0 Å². The van der Waals surface area contributed by atoms with Crippen molar-refractivity contribution in [2.75, 3.05) is 26.2 Å². The number of hydrogen-bond donors (Lipinski definition) is 1. The molecule has 1 aliphatic heterocycles. The van der Waals surface area contributed by atoms with Gasteiger partial charge in [-0.2, -0.15) is 0 Å². The van der Waals surface area contributed by atoms with E-state index < -0.39 is 11.4 Å². The Morgan fingerprint density at radius 3 is 2.14 bits per heavy atom. The molecule has 3 nitrogen and oxygen atoms in total. The molecular formula is C23H27F3N2O. The normalized spacial score (nSPS) is 26.6. The molecule has 29 heavy (non-hydrogen) atoms. The van der Waals surface area contributed by atoms with Crippen LogP contribution in [0.3, 0.4) is 0 Å². The lowest BCUT2D eigenvalue weighted by molar-refractivity contribution is -0.0321. The second-order valence-electron chi connectivity index (χ2n) is 8.32. The van der Waals surface area contributed by atoms with E-state index in [4.69, 9.17) is 0 Å². The maximum Gasteiger partial charge on any atom is 0.127 e. The van der Waals surface area contributed by atoms with E-state index in [-0.39, 0.29) is 11.6 Å². The van der Waals surface area contributed by atoms with Crippen LogP contribution in [0.1, 0.15) is 36.8 Å². The first kappa shape index (κ1) is 20.4. The van der Waals surface area contributed by atoms with Crippen LogP contribution in [0.5, 0.6) is 0 Å². The predicted octanol–water partition coefficient (Wildman–Crippen LogP) is 4.05. The van der Waals surface area contributed by atoms with E-state index in [2.05, 4.69) is 9.80 Å². The van der Waals surface area contributed by atoms with Crippen molar-refractivity contribution in [3.8, 4) is 0 Å². The van der Waals surface area contributed by atoms with Crippen LogP contribution in [0.15, 0.2) is 42.5 Å². The summed E-state index contributed by atoms with van der Waals surface area (Å²) in [4.78, 5) is 4.61.